The van der Waals surface area contributed by atoms with Gasteiger partial charge in [-0.25, -0.2) is 9.78 Å². The zero-order valence-electron chi connectivity index (χ0n) is 14.0. The molecule has 2 amide bonds. The third kappa shape index (κ3) is 3.80. The van der Waals surface area contributed by atoms with Gasteiger partial charge in [-0.3, -0.25) is 5.32 Å². The highest BCUT2D eigenvalue weighted by atomic mass is 32.2. The Balaban J connectivity index is 1.77. The average molecular weight is 375 g/mol. The predicted octanol–water partition coefficient (Wildman–Crippen LogP) is 4.68. The summed E-state index contributed by atoms with van der Waals surface area (Å²) in [5, 5.41) is 6.08. The van der Waals surface area contributed by atoms with Crippen molar-refractivity contribution in [3.05, 3.63) is 36.4 Å². The SMILES string of the molecule is COc1ccc(NC(=O)Nc2nc3c(SC)cccc3s2)c(OC)c1. The summed E-state index contributed by atoms with van der Waals surface area (Å²) in [5.41, 5.74) is 1.45. The summed E-state index contributed by atoms with van der Waals surface area (Å²) in [5.74, 6) is 1.17. The maximum absolute atomic E-state index is 12.3. The van der Waals surface area contributed by atoms with Crippen molar-refractivity contribution in [2.24, 2.45) is 0 Å². The number of fused-ring (bicyclic) bond motifs is 1. The summed E-state index contributed by atoms with van der Waals surface area (Å²) in [6, 6.07) is 10.8. The van der Waals surface area contributed by atoms with Gasteiger partial charge in [0.2, 0.25) is 0 Å². The molecule has 0 fully saturated rings. The normalized spacial score (nSPS) is 10.5. The number of aromatic nitrogens is 1. The minimum atomic E-state index is -0.381. The van der Waals surface area contributed by atoms with E-state index in [4.69, 9.17) is 9.47 Å². The molecule has 0 spiro atoms. The van der Waals surface area contributed by atoms with E-state index in [0.717, 1.165) is 15.1 Å². The van der Waals surface area contributed by atoms with Gasteiger partial charge in [-0.1, -0.05) is 17.4 Å². The standard InChI is InChI=1S/C17H17N3O3S2/c1-22-10-7-8-11(12(9-10)23-2)18-16(21)20-17-19-15-13(24-3)5-4-6-14(15)25-17/h4-9H,1-3H3,(H2,18,19,20,21). The quantitative estimate of drug-likeness (QED) is 0.634. The molecule has 2 N–H and O–H groups in total. The number of carbonyl (C=O) groups is 1. The molecule has 0 radical (unpaired) electrons. The number of nitrogens with one attached hydrogen (secondary N) is 2. The Kier molecular flexibility index (Phi) is 5.30. The van der Waals surface area contributed by atoms with E-state index < -0.39 is 0 Å². The molecule has 6 nitrogen and oxygen atoms in total. The molecular weight excluding hydrogens is 358 g/mol. The molecule has 3 aromatic rings. The maximum atomic E-state index is 12.3. The second-order valence-corrected chi connectivity index (χ2v) is 6.85. The van der Waals surface area contributed by atoms with Crippen LogP contribution in [0.3, 0.4) is 0 Å². The predicted molar refractivity (Wildman–Crippen MR) is 104 cm³/mol. The number of nitrogens with zero attached hydrogens (tertiary/aromatic N) is 1. The molecule has 0 saturated carbocycles. The van der Waals surface area contributed by atoms with Gasteiger partial charge in [0.25, 0.3) is 0 Å². The van der Waals surface area contributed by atoms with E-state index in [2.05, 4.69) is 15.6 Å². The number of rotatable bonds is 5. The molecule has 3 rings (SSSR count). The zero-order valence-corrected chi connectivity index (χ0v) is 15.6. The fraction of sp³-hybridized carbons (Fsp3) is 0.176. The monoisotopic (exact) mass is 375 g/mol. The second-order valence-electron chi connectivity index (χ2n) is 4.97. The van der Waals surface area contributed by atoms with Crippen molar-refractivity contribution in [1.29, 1.82) is 0 Å². The number of benzene rings is 2. The van der Waals surface area contributed by atoms with Gasteiger partial charge in [0.05, 0.1) is 30.1 Å². The number of ether oxygens (including phenoxy) is 2. The first-order chi connectivity index (χ1) is 12.1. The van der Waals surface area contributed by atoms with Crippen LogP contribution < -0.4 is 20.1 Å². The lowest BCUT2D eigenvalue weighted by molar-refractivity contribution is 0.262. The van der Waals surface area contributed by atoms with Crippen molar-refractivity contribution < 1.29 is 14.3 Å². The molecule has 2 aromatic carbocycles. The molecule has 0 aliphatic heterocycles. The first-order valence-corrected chi connectivity index (χ1v) is 9.42. The Morgan fingerprint density at radius 2 is 2.00 bits per heavy atom. The van der Waals surface area contributed by atoms with Crippen LogP contribution in [0.1, 0.15) is 0 Å². The Bertz CT molecular complexity index is 911. The molecular formula is C17H17N3O3S2. The molecule has 0 bridgehead atoms. The first kappa shape index (κ1) is 17.4. The number of methoxy groups -OCH3 is 2. The van der Waals surface area contributed by atoms with Crippen LogP contribution >= 0.6 is 23.1 Å². The second kappa shape index (κ2) is 7.62. The number of carbonyl (C=O) groups excluding carboxylic acids is 1. The van der Waals surface area contributed by atoms with Crippen molar-refractivity contribution in [2.75, 3.05) is 31.1 Å². The highest BCUT2D eigenvalue weighted by Gasteiger charge is 2.12. The van der Waals surface area contributed by atoms with E-state index in [1.165, 1.54) is 18.4 Å². The van der Waals surface area contributed by atoms with Crippen LogP contribution in [0.2, 0.25) is 0 Å². The van der Waals surface area contributed by atoms with Crippen molar-refractivity contribution in [3.8, 4) is 11.5 Å². The number of urea groups is 1. The topological polar surface area (TPSA) is 72.5 Å². The van der Waals surface area contributed by atoms with Gasteiger partial charge in [0.15, 0.2) is 5.13 Å². The molecule has 25 heavy (non-hydrogen) atoms. The van der Waals surface area contributed by atoms with E-state index in [1.807, 2.05) is 24.5 Å². The first-order valence-electron chi connectivity index (χ1n) is 7.38. The molecule has 1 aromatic heterocycles. The summed E-state index contributed by atoms with van der Waals surface area (Å²) >= 11 is 3.06. The Morgan fingerprint density at radius 3 is 2.72 bits per heavy atom. The lowest BCUT2D eigenvalue weighted by Crippen LogP contribution is -2.19. The number of hydrogen-bond acceptors (Lipinski definition) is 6. The number of thiazole rings is 1. The van der Waals surface area contributed by atoms with Gasteiger partial charge in [0, 0.05) is 11.0 Å². The van der Waals surface area contributed by atoms with Crippen LogP contribution in [0.15, 0.2) is 41.3 Å². The van der Waals surface area contributed by atoms with E-state index in [1.54, 1.807) is 37.1 Å². The lowest BCUT2D eigenvalue weighted by Gasteiger charge is -2.11. The van der Waals surface area contributed by atoms with Gasteiger partial charge in [-0.2, -0.15) is 0 Å². The zero-order chi connectivity index (χ0) is 17.8. The van der Waals surface area contributed by atoms with Crippen molar-refractivity contribution in [1.82, 2.24) is 4.98 Å². The van der Waals surface area contributed by atoms with Gasteiger partial charge < -0.3 is 14.8 Å². The van der Waals surface area contributed by atoms with Crippen LogP contribution in [0.4, 0.5) is 15.6 Å². The van der Waals surface area contributed by atoms with Crippen LogP contribution in [0, 0.1) is 0 Å². The average Bonchev–Trinajstić information content (AvgIpc) is 3.04. The van der Waals surface area contributed by atoms with Crippen molar-refractivity contribution in [2.45, 2.75) is 4.90 Å². The van der Waals surface area contributed by atoms with E-state index in [0.29, 0.717) is 22.3 Å². The third-order valence-corrected chi connectivity index (χ3v) is 5.18. The fourth-order valence-electron chi connectivity index (χ4n) is 2.29. The highest BCUT2D eigenvalue weighted by Crippen LogP contribution is 2.33. The van der Waals surface area contributed by atoms with Gasteiger partial charge >= 0.3 is 6.03 Å². The number of anilines is 2. The summed E-state index contributed by atoms with van der Waals surface area (Å²) < 4.78 is 11.5. The molecule has 0 saturated heterocycles. The van der Waals surface area contributed by atoms with Crippen molar-refractivity contribution >= 4 is 50.2 Å². The Morgan fingerprint density at radius 1 is 1.16 bits per heavy atom. The smallest absolute Gasteiger partial charge is 0.325 e. The molecule has 0 aliphatic rings. The number of hydrogen-bond donors (Lipinski definition) is 2. The van der Waals surface area contributed by atoms with E-state index in [-0.39, 0.29) is 6.03 Å². The summed E-state index contributed by atoms with van der Waals surface area (Å²) in [4.78, 5) is 17.9. The lowest BCUT2D eigenvalue weighted by atomic mass is 10.2. The summed E-state index contributed by atoms with van der Waals surface area (Å²) in [6.07, 6.45) is 2.00. The molecule has 0 atom stereocenters. The van der Waals surface area contributed by atoms with Gasteiger partial charge in [-0.05, 0) is 30.5 Å². The third-order valence-electron chi connectivity index (χ3n) is 3.48. The van der Waals surface area contributed by atoms with Crippen LogP contribution in [0.5, 0.6) is 11.5 Å². The fourth-order valence-corrected chi connectivity index (χ4v) is 3.81. The van der Waals surface area contributed by atoms with Crippen LogP contribution in [-0.4, -0.2) is 31.5 Å². The van der Waals surface area contributed by atoms with Gasteiger partial charge in [-0.15, -0.1) is 11.8 Å². The number of thioether (sulfide) groups is 1. The minimum Gasteiger partial charge on any atom is -0.497 e. The number of para-hydroxylation sites is 1. The molecule has 0 aliphatic carbocycles. The van der Waals surface area contributed by atoms with Crippen LogP contribution in [-0.2, 0) is 0 Å². The minimum absolute atomic E-state index is 0.381. The molecule has 8 heteroatoms. The summed E-state index contributed by atoms with van der Waals surface area (Å²) in [7, 11) is 3.11. The van der Waals surface area contributed by atoms with E-state index in [9.17, 15) is 4.79 Å². The Labute approximate surface area is 153 Å². The molecule has 0 unspecified atom stereocenters. The van der Waals surface area contributed by atoms with Crippen LogP contribution in [0.25, 0.3) is 10.2 Å². The highest BCUT2D eigenvalue weighted by molar-refractivity contribution is 7.98. The maximum Gasteiger partial charge on any atom is 0.325 e. The number of amides is 2. The molecule has 1 heterocycles. The molecule has 130 valence electrons. The summed E-state index contributed by atoms with van der Waals surface area (Å²) in [6.45, 7) is 0. The van der Waals surface area contributed by atoms with Crippen molar-refractivity contribution in [3.63, 3.8) is 0 Å². The Hall–Kier alpha value is -2.45. The van der Waals surface area contributed by atoms with Gasteiger partial charge in [0.1, 0.15) is 11.5 Å². The van der Waals surface area contributed by atoms with E-state index >= 15 is 0 Å². The largest absolute Gasteiger partial charge is 0.497 e.